The van der Waals surface area contributed by atoms with Crippen LogP contribution in [-0.2, 0) is 14.3 Å². The highest BCUT2D eigenvalue weighted by atomic mass is 16.6. The molecule has 0 aromatic rings. The predicted octanol–water partition coefficient (Wildman–Crippen LogP) is 1.29. The van der Waals surface area contributed by atoms with E-state index in [0.29, 0.717) is 0 Å². The summed E-state index contributed by atoms with van der Waals surface area (Å²) in [7, 11) is 0. The lowest BCUT2D eigenvalue weighted by atomic mass is 9.96. The molecule has 0 aromatic carbocycles. The predicted molar refractivity (Wildman–Crippen MR) is 43.2 cm³/mol. The molecule has 12 heavy (non-hydrogen) atoms. The maximum atomic E-state index is 11.0. The standard InChI is InChI=1S/C9H12O3/c1-3-4-5-7-6(2)8(10)12-9(7)11/h4-7H,3H2,1-2H3/b5-4+. The number of allylic oxidation sites excluding steroid dienone is 1. The van der Waals surface area contributed by atoms with Crippen molar-refractivity contribution >= 4 is 11.9 Å². The number of hydrogen-bond donors (Lipinski definition) is 0. The van der Waals surface area contributed by atoms with Crippen LogP contribution in [0.2, 0.25) is 0 Å². The molecule has 0 aromatic heterocycles. The Morgan fingerprint density at radius 1 is 1.42 bits per heavy atom. The van der Waals surface area contributed by atoms with Crippen LogP contribution in [0.3, 0.4) is 0 Å². The Hall–Kier alpha value is -1.12. The van der Waals surface area contributed by atoms with Gasteiger partial charge in [0.1, 0.15) is 0 Å². The Labute approximate surface area is 71.4 Å². The molecule has 0 spiro atoms. The zero-order valence-electron chi connectivity index (χ0n) is 7.24. The van der Waals surface area contributed by atoms with Gasteiger partial charge in [0, 0.05) is 0 Å². The topological polar surface area (TPSA) is 43.4 Å². The van der Waals surface area contributed by atoms with Gasteiger partial charge in [-0.1, -0.05) is 26.0 Å². The third-order valence-electron chi connectivity index (χ3n) is 1.96. The van der Waals surface area contributed by atoms with E-state index in [-0.39, 0.29) is 11.8 Å². The van der Waals surface area contributed by atoms with E-state index in [4.69, 9.17) is 0 Å². The first-order valence-electron chi connectivity index (χ1n) is 4.09. The lowest BCUT2D eigenvalue weighted by molar-refractivity contribution is -0.153. The second-order valence-electron chi connectivity index (χ2n) is 2.89. The highest BCUT2D eigenvalue weighted by Crippen LogP contribution is 2.24. The number of esters is 2. The summed E-state index contributed by atoms with van der Waals surface area (Å²) < 4.78 is 4.45. The molecule has 0 bridgehead atoms. The van der Waals surface area contributed by atoms with Gasteiger partial charge >= 0.3 is 11.9 Å². The molecule has 1 heterocycles. The quantitative estimate of drug-likeness (QED) is 0.354. The second-order valence-corrected chi connectivity index (χ2v) is 2.89. The molecule has 0 N–H and O–H groups in total. The zero-order valence-corrected chi connectivity index (χ0v) is 7.24. The molecule has 0 aliphatic carbocycles. The SMILES string of the molecule is CC/C=C/C1C(=O)OC(=O)C1C. The van der Waals surface area contributed by atoms with E-state index in [1.165, 1.54) is 0 Å². The highest BCUT2D eigenvalue weighted by molar-refractivity contribution is 5.97. The van der Waals surface area contributed by atoms with Crippen LogP contribution in [0.15, 0.2) is 12.2 Å². The van der Waals surface area contributed by atoms with Crippen molar-refractivity contribution in [3.05, 3.63) is 12.2 Å². The van der Waals surface area contributed by atoms with Gasteiger partial charge in [-0.2, -0.15) is 0 Å². The second kappa shape index (κ2) is 3.52. The minimum atomic E-state index is -0.419. The summed E-state index contributed by atoms with van der Waals surface area (Å²) in [6.07, 6.45) is 4.49. The summed E-state index contributed by atoms with van der Waals surface area (Å²) in [5, 5.41) is 0. The van der Waals surface area contributed by atoms with E-state index >= 15 is 0 Å². The number of carbonyl (C=O) groups excluding carboxylic acids is 2. The first-order chi connectivity index (χ1) is 5.66. The Morgan fingerprint density at radius 3 is 2.50 bits per heavy atom. The van der Waals surface area contributed by atoms with Crippen LogP contribution in [0.25, 0.3) is 0 Å². The van der Waals surface area contributed by atoms with Crippen LogP contribution in [0, 0.1) is 11.8 Å². The monoisotopic (exact) mass is 168 g/mol. The van der Waals surface area contributed by atoms with Gasteiger partial charge in [0.05, 0.1) is 11.8 Å². The minimum absolute atomic E-state index is 0.319. The van der Waals surface area contributed by atoms with Gasteiger partial charge in [-0.25, -0.2) is 0 Å². The zero-order chi connectivity index (χ0) is 9.14. The summed E-state index contributed by atoms with van der Waals surface area (Å²) >= 11 is 0. The van der Waals surface area contributed by atoms with Crippen molar-refractivity contribution in [1.82, 2.24) is 0 Å². The van der Waals surface area contributed by atoms with E-state index in [9.17, 15) is 9.59 Å². The average Bonchev–Trinajstić information content (AvgIpc) is 2.25. The first-order valence-corrected chi connectivity index (χ1v) is 4.09. The van der Waals surface area contributed by atoms with Crippen molar-refractivity contribution in [2.75, 3.05) is 0 Å². The van der Waals surface area contributed by atoms with Gasteiger partial charge in [-0.15, -0.1) is 0 Å². The Kier molecular flexibility index (Phi) is 2.63. The Morgan fingerprint density at radius 2 is 2.08 bits per heavy atom. The van der Waals surface area contributed by atoms with Crippen LogP contribution in [0.1, 0.15) is 20.3 Å². The molecule has 1 fully saturated rings. The minimum Gasteiger partial charge on any atom is -0.392 e. The third kappa shape index (κ3) is 1.55. The molecule has 1 saturated heterocycles. The molecule has 66 valence electrons. The lowest BCUT2D eigenvalue weighted by Gasteiger charge is -2.00. The van der Waals surface area contributed by atoms with Gasteiger partial charge in [0.25, 0.3) is 0 Å². The van der Waals surface area contributed by atoms with E-state index in [1.54, 1.807) is 13.0 Å². The Bertz CT molecular complexity index is 230. The van der Waals surface area contributed by atoms with E-state index in [1.807, 2.05) is 13.0 Å². The summed E-state index contributed by atoms with van der Waals surface area (Å²) in [5.41, 5.74) is 0. The van der Waals surface area contributed by atoms with Gasteiger partial charge in [-0.05, 0) is 6.42 Å². The molecule has 2 atom stereocenters. The molecular weight excluding hydrogens is 156 g/mol. The molecule has 1 aliphatic heterocycles. The van der Waals surface area contributed by atoms with Gasteiger partial charge in [-0.3, -0.25) is 9.59 Å². The van der Waals surface area contributed by atoms with Gasteiger partial charge < -0.3 is 4.74 Å². The fourth-order valence-corrected chi connectivity index (χ4v) is 1.14. The molecular formula is C9H12O3. The van der Waals surface area contributed by atoms with E-state index in [2.05, 4.69) is 4.74 Å². The van der Waals surface area contributed by atoms with Crippen molar-refractivity contribution in [2.24, 2.45) is 11.8 Å². The summed E-state index contributed by atoms with van der Waals surface area (Å²) in [5.74, 6) is -1.51. The fraction of sp³-hybridized carbons (Fsp3) is 0.556. The lowest BCUT2D eigenvalue weighted by Crippen LogP contribution is -2.11. The molecule has 3 heteroatoms. The Balaban J connectivity index is 2.70. The van der Waals surface area contributed by atoms with Gasteiger partial charge in [0.15, 0.2) is 0 Å². The van der Waals surface area contributed by atoms with Crippen molar-refractivity contribution in [3.63, 3.8) is 0 Å². The van der Waals surface area contributed by atoms with Crippen LogP contribution in [-0.4, -0.2) is 11.9 Å². The smallest absolute Gasteiger partial charge is 0.321 e. The van der Waals surface area contributed by atoms with Crippen molar-refractivity contribution < 1.29 is 14.3 Å². The molecule has 0 amide bonds. The largest absolute Gasteiger partial charge is 0.392 e. The molecule has 3 nitrogen and oxygen atoms in total. The number of hydrogen-bond acceptors (Lipinski definition) is 3. The fourth-order valence-electron chi connectivity index (χ4n) is 1.14. The average molecular weight is 168 g/mol. The van der Waals surface area contributed by atoms with Crippen LogP contribution in [0.5, 0.6) is 0 Å². The normalized spacial score (nSPS) is 29.8. The van der Waals surface area contributed by atoms with Crippen LogP contribution in [0.4, 0.5) is 0 Å². The molecule has 2 unspecified atom stereocenters. The number of ether oxygens (including phenoxy) is 1. The van der Waals surface area contributed by atoms with Gasteiger partial charge in [0.2, 0.25) is 0 Å². The van der Waals surface area contributed by atoms with Crippen LogP contribution >= 0.6 is 0 Å². The number of rotatable bonds is 2. The number of carbonyl (C=O) groups is 2. The number of cyclic esters (lactones) is 2. The highest BCUT2D eigenvalue weighted by Gasteiger charge is 2.39. The van der Waals surface area contributed by atoms with Crippen molar-refractivity contribution in [3.8, 4) is 0 Å². The summed E-state index contributed by atoms with van der Waals surface area (Å²) in [6.45, 7) is 3.68. The van der Waals surface area contributed by atoms with E-state index in [0.717, 1.165) is 6.42 Å². The molecule has 0 saturated carbocycles. The maximum absolute atomic E-state index is 11.0. The molecule has 0 radical (unpaired) electrons. The first kappa shape index (κ1) is 8.97. The maximum Gasteiger partial charge on any atom is 0.321 e. The van der Waals surface area contributed by atoms with E-state index < -0.39 is 11.9 Å². The third-order valence-corrected chi connectivity index (χ3v) is 1.96. The van der Waals surface area contributed by atoms with Crippen molar-refractivity contribution in [2.45, 2.75) is 20.3 Å². The molecule has 1 aliphatic rings. The summed E-state index contributed by atoms with van der Waals surface area (Å²) in [6, 6.07) is 0. The van der Waals surface area contributed by atoms with Crippen LogP contribution < -0.4 is 0 Å². The van der Waals surface area contributed by atoms with Crippen molar-refractivity contribution in [1.29, 1.82) is 0 Å². The summed E-state index contributed by atoms with van der Waals surface area (Å²) in [4.78, 5) is 21.9. The molecule has 1 rings (SSSR count).